The normalized spacial score (nSPS) is 20.7. The lowest BCUT2D eigenvalue weighted by molar-refractivity contribution is -0.116. The summed E-state index contributed by atoms with van der Waals surface area (Å²) in [6.45, 7) is 0. The molecule has 0 spiro atoms. The third-order valence-corrected chi connectivity index (χ3v) is 6.01. The standard InChI is InChI=1S/C13H15ClN2O3S2/c14-8-4-5-9(12(15)20)10(7-8)16-13(17)11-3-1-2-6-21(11,18)19/h4-5,7,11H,1-3,6H2,(H2,15,20)(H,16,17). The van der Waals surface area contributed by atoms with Gasteiger partial charge in [0.15, 0.2) is 9.84 Å². The van der Waals surface area contributed by atoms with Crippen LogP contribution in [0.5, 0.6) is 0 Å². The number of rotatable bonds is 3. The van der Waals surface area contributed by atoms with Crippen molar-refractivity contribution in [2.45, 2.75) is 24.5 Å². The highest BCUT2D eigenvalue weighted by atomic mass is 35.5. The fraction of sp³-hybridized carbons (Fsp3) is 0.385. The van der Waals surface area contributed by atoms with Crippen LogP contribution in [0.15, 0.2) is 18.2 Å². The van der Waals surface area contributed by atoms with Crippen molar-refractivity contribution in [1.82, 2.24) is 0 Å². The Hall–Kier alpha value is -1.18. The van der Waals surface area contributed by atoms with Gasteiger partial charge in [-0.05, 0) is 31.0 Å². The summed E-state index contributed by atoms with van der Waals surface area (Å²) in [6, 6.07) is 4.70. The van der Waals surface area contributed by atoms with Gasteiger partial charge in [-0.2, -0.15) is 0 Å². The van der Waals surface area contributed by atoms with Gasteiger partial charge in [0.05, 0.1) is 11.4 Å². The highest BCUT2D eigenvalue weighted by molar-refractivity contribution is 7.92. The number of nitrogens with two attached hydrogens (primary N) is 1. The molecule has 1 heterocycles. The minimum Gasteiger partial charge on any atom is -0.389 e. The van der Waals surface area contributed by atoms with Gasteiger partial charge in [-0.3, -0.25) is 4.79 Å². The Morgan fingerprint density at radius 1 is 1.38 bits per heavy atom. The van der Waals surface area contributed by atoms with Crippen LogP contribution in [0.1, 0.15) is 24.8 Å². The van der Waals surface area contributed by atoms with Crippen molar-refractivity contribution in [2.75, 3.05) is 11.1 Å². The van der Waals surface area contributed by atoms with Crippen LogP contribution in [0.2, 0.25) is 5.02 Å². The average Bonchev–Trinajstić information content (AvgIpc) is 2.37. The maximum atomic E-state index is 12.3. The maximum absolute atomic E-state index is 12.3. The van der Waals surface area contributed by atoms with Crippen LogP contribution in [0, 0.1) is 0 Å². The van der Waals surface area contributed by atoms with Crippen molar-refractivity contribution in [3.05, 3.63) is 28.8 Å². The van der Waals surface area contributed by atoms with Crippen molar-refractivity contribution in [3.8, 4) is 0 Å². The van der Waals surface area contributed by atoms with E-state index in [-0.39, 0.29) is 10.7 Å². The number of carbonyl (C=O) groups excluding carboxylic acids is 1. The molecule has 0 bridgehead atoms. The molecule has 0 saturated carbocycles. The summed E-state index contributed by atoms with van der Waals surface area (Å²) in [5.41, 5.74) is 6.38. The number of sulfone groups is 1. The van der Waals surface area contributed by atoms with Crippen LogP contribution in [0.4, 0.5) is 5.69 Å². The number of nitrogens with one attached hydrogen (secondary N) is 1. The molecular weight excluding hydrogens is 332 g/mol. The second-order valence-corrected chi connectivity index (χ2v) is 8.07. The number of hydrogen-bond donors (Lipinski definition) is 2. The lowest BCUT2D eigenvalue weighted by Gasteiger charge is -2.22. The van der Waals surface area contributed by atoms with E-state index in [1.54, 1.807) is 12.1 Å². The van der Waals surface area contributed by atoms with Gasteiger partial charge in [-0.15, -0.1) is 0 Å². The van der Waals surface area contributed by atoms with E-state index in [1.165, 1.54) is 6.07 Å². The molecule has 1 fully saturated rings. The Bertz CT molecular complexity index is 689. The summed E-state index contributed by atoms with van der Waals surface area (Å²) in [6.07, 6.45) is 1.65. The molecule has 1 saturated heterocycles. The number of anilines is 1. The molecule has 1 aliphatic heterocycles. The molecule has 0 aromatic heterocycles. The zero-order valence-corrected chi connectivity index (χ0v) is 13.5. The molecule has 21 heavy (non-hydrogen) atoms. The number of carbonyl (C=O) groups is 1. The van der Waals surface area contributed by atoms with E-state index in [0.717, 1.165) is 6.42 Å². The third-order valence-electron chi connectivity index (χ3n) is 3.38. The van der Waals surface area contributed by atoms with Crippen molar-refractivity contribution < 1.29 is 13.2 Å². The highest BCUT2D eigenvalue weighted by Gasteiger charge is 2.35. The number of halogens is 1. The molecule has 1 atom stereocenters. The molecule has 1 aromatic carbocycles. The summed E-state index contributed by atoms with van der Waals surface area (Å²) < 4.78 is 23.9. The van der Waals surface area contributed by atoms with Crippen LogP contribution in [0.25, 0.3) is 0 Å². The highest BCUT2D eigenvalue weighted by Crippen LogP contribution is 2.24. The summed E-state index contributed by atoms with van der Waals surface area (Å²) >= 11 is 10.8. The molecule has 3 N–H and O–H groups in total. The molecule has 1 amide bonds. The van der Waals surface area contributed by atoms with Crippen molar-refractivity contribution >= 4 is 50.2 Å². The first-order valence-corrected chi connectivity index (χ1v) is 8.93. The van der Waals surface area contributed by atoms with E-state index >= 15 is 0 Å². The van der Waals surface area contributed by atoms with E-state index in [4.69, 9.17) is 29.6 Å². The van der Waals surface area contributed by atoms with Crippen LogP contribution < -0.4 is 11.1 Å². The minimum atomic E-state index is -3.40. The lowest BCUT2D eigenvalue weighted by atomic mass is 10.1. The predicted molar refractivity (Wildman–Crippen MR) is 87.4 cm³/mol. The van der Waals surface area contributed by atoms with Gasteiger partial charge >= 0.3 is 0 Å². The summed E-state index contributed by atoms with van der Waals surface area (Å²) in [4.78, 5) is 12.4. The molecule has 1 aromatic rings. The summed E-state index contributed by atoms with van der Waals surface area (Å²) in [5.74, 6) is -0.516. The fourth-order valence-electron chi connectivity index (χ4n) is 2.30. The maximum Gasteiger partial charge on any atom is 0.242 e. The lowest BCUT2D eigenvalue weighted by Crippen LogP contribution is -2.39. The average molecular weight is 347 g/mol. The first-order chi connectivity index (χ1) is 9.81. The van der Waals surface area contributed by atoms with Crippen molar-refractivity contribution in [3.63, 3.8) is 0 Å². The predicted octanol–water partition coefficient (Wildman–Crippen LogP) is 1.88. The largest absolute Gasteiger partial charge is 0.389 e. The third kappa shape index (κ3) is 3.72. The molecule has 114 valence electrons. The monoisotopic (exact) mass is 346 g/mol. The molecule has 1 aliphatic rings. The Kier molecular flexibility index (Phi) is 4.85. The van der Waals surface area contributed by atoms with Crippen molar-refractivity contribution in [2.24, 2.45) is 5.73 Å². The van der Waals surface area contributed by atoms with Crippen LogP contribution in [0.3, 0.4) is 0 Å². The van der Waals surface area contributed by atoms with E-state index < -0.39 is 21.0 Å². The quantitative estimate of drug-likeness (QED) is 0.816. The topological polar surface area (TPSA) is 89.3 Å². The van der Waals surface area contributed by atoms with Gasteiger partial charge in [0.2, 0.25) is 5.91 Å². The molecule has 0 aliphatic carbocycles. The minimum absolute atomic E-state index is 0.0444. The molecule has 2 rings (SSSR count). The Morgan fingerprint density at radius 2 is 2.10 bits per heavy atom. The van der Waals surface area contributed by atoms with Gasteiger partial charge in [0, 0.05) is 10.6 Å². The van der Waals surface area contributed by atoms with Gasteiger partial charge in [-0.25, -0.2) is 8.42 Å². The summed E-state index contributed by atoms with van der Waals surface area (Å²) in [7, 11) is -3.40. The van der Waals surface area contributed by atoms with E-state index in [0.29, 0.717) is 29.1 Å². The number of benzene rings is 1. The molecule has 0 radical (unpaired) electrons. The van der Waals surface area contributed by atoms with Gasteiger partial charge in [0.25, 0.3) is 0 Å². The molecular formula is C13H15ClN2O3S2. The van der Waals surface area contributed by atoms with E-state index in [2.05, 4.69) is 5.32 Å². The van der Waals surface area contributed by atoms with Gasteiger partial charge in [-0.1, -0.05) is 30.2 Å². The van der Waals surface area contributed by atoms with Crippen LogP contribution in [-0.4, -0.2) is 30.3 Å². The van der Waals surface area contributed by atoms with Gasteiger partial charge in [0.1, 0.15) is 10.2 Å². The number of amides is 1. The van der Waals surface area contributed by atoms with Gasteiger partial charge < -0.3 is 11.1 Å². The van der Waals surface area contributed by atoms with E-state index in [1.807, 2.05) is 0 Å². The zero-order valence-electron chi connectivity index (χ0n) is 11.1. The Morgan fingerprint density at radius 3 is 2.71 bits per heavy atom. The molecule has 8 heteroatoms. The second kappa shape index (κ2) is 6.29. The van der Waals surface area contributed by atoms with Crippen LogP contribution in [-0.2, 0) is 14.6 Å². The summed E-state index contributed by atoms with van der Waals surface area (Å²) in [5, 5.41) is 1.96. The fourth-order valence-corrected chi connectivity index (χ4v) is 4.45. The smallest absolute Gasteiger partial charge is 0.242 e. The Labute approximate surface area is 133 Å². The first-order valence-electron chi connectivity index (χ1n) is 6.43. The van der Waals surface area contributed by atoms with E-state index in [9.17, 15) is 13.2 Å². The van der Waals surface area contributed by atoms with Crippen molar-refractivity contribution in [1.29, 1.82) is 0 Å². The zero-order chi connectivity index (χ0) is 15.6. The Balaban J connectivity index is 2.27. The SMILES string of the molecule is NC(=S)c1ccc(Cl)cc1NC(=O)C1CCCCS1(=O)=O. The molecule has 1 unspecified atom stereocenters. The number of hydrogen-bond acceptors (Lipinski definition) is 4. The first kappa shape index (κ1) is 16.2. The van der Waals surface area contributed by atoms with Crippen LogP contribution >= 0.6 is 23.8 Å². The number of thiocarbonyl (C=S) groups is 1. The molecule has 5 nitrogen and oxygen atoms in total. The second-order valence-electron chi connectivity index (χ2n) is 4.89.